The molecule has 0 rings (SSSR count). The van der Waals surface area contributed by atoms with Gasteiger partial charge in [-0.15, -0.1) is 0 Å². The van der Waals surface area contributed by atoms with Crippen LogP contribution in [0.25, 0.3) is 0 Å². The van der Waals surface area contributed by atoms with Gasteiger partial charge in [-0.2, -0.15) is 0 Å². The third kappa shape index (κ3) is 5.36. The van der Waals surface area contributed by atoms with Crippen LogP contribution in [0.4, 0.5) is 0 Å². The zero-order chi connectivity index (χ0) is 10.3. The standard InChI is InChI=1S/C9H18N2O2/c1-7(2)6-8(10-3)9(13)11-4-5-12/h5,7-8,10H,4,6H2,1-3H3,(H,11,13)/t8-/m0/s1. The highest BCUT2D eigenvalue weighted by Gasteiger charge is 2.16. The first-order valence-electron chi connectivity index (χ1n) is 4.50. The van der Waals surface area contributed by atoms with Crippen molar-refractivity contribution < 1.29 is 9.59 Å². The van der Waals surface area contributed by atoms with Gasteiger partial charge in [0.05, 0.1) is 12.6 Å². The van der Waals surface area contributed by atoms with E-state index in [0.29, 0.717) is 12.2 Å². The maximum Gasteiger partial charge on any atom is 0.237 e. The minimum Gasteiger partial charge on any atom is -0.348 e. The molecule has 0 aromatic carbocycles. The van der Waals surface area contributed by atoms with Crippen molar-refractivity contribution >= 4 is 12.2 Å². The third-order valence-electron chi connectivity index (χ3n) is 1.73. The number of carbonyl (C=O) groups excluding carboxylic acids is 2. The first-order valence-corrected chi connectivity index (χ1v) is 4.50. The highest BCUT2D eigenvalue weighted by Crippen LogP contribution is 2.03. The maximum atomic E-state index is 11.3. The molecule has 0 heterocycles. The van der Waals surface area contributed by atoms with Crippen LogP contribution in [0.5, 0.6) is 0 Å². The summed E-state index contributed by atoms with van der Waals surface area (Å²) in [5.41, 5.74) is 0. The maximum absolute atomic E-state index is 11.3. The first-order chi connectivity index (χ1) is 6.11. The Balaban J connectivity index is 3.91. The number of hydrogen-bond acceptors (Lipinski definition) is 3. The van der Waals surface area contributed by atoms with Gasteiger partial charge in [-0.25, -0.2) is 0 Å². The Bertz CT molecular complexity index is 169. The molecule has 0 fully saturated rings. The van der Waals surface area contributed by atoms with Crippen LogP contribution in [0.15, 0.2) is 0 Å². The van der Waals surface area contributed by atoms with E-state index >= 15 is 0 Å². The van der Waals surface area contributed by atoms with Crippen molar-refractivity contribution in [2.75, 3.05) is 13.6 Å². The van der Waals surface area contributed by atoms with Gasteiger partial charge in [-0.1, -0.05) is 13.8 Å². The Labute approximate surface area is 79.1 Å². The summed E-state index contributed by atoms with van der Waals surface area (Å²) in [5, 5.41) is 5.43. The monoisotopic (exact) mass is 186 g/mol. The number of hydrogen-bond donors (Lipinski definition) is 2. The molecular weight excluding hydrogens is 168 g/mol. The van der Waals surface area contributed by atoms with Crippen molar-refractivity contribution in [1.82, 2.24) is 10.6 Å². The molecule has 0 aromatic rings. The molecule has 0 aliphatic heterocycles. The van der Waals surface area contributed by atoms with Gasteiger partial charge in [0.1, 0.15) is 6.29 Å². The van der Waals surface area contributed by atoms with Crippen molar-refractivity contribution in [1.29, 1.82) is 0 Å². The van der Waals surface area contributed by atoms with Crippen molar-refractivity contribution in [2.24, 2.45) is 5.92 Å². The largest absolute Gasteiger partial charge is 0.348 e. The summed E-state index contributed by atoms with van der Waals surface area (Å²) in [5.74, 6) is 0.350. The number of aldehydes is 1. The van der Waals surface area contributed by atoms with Gasteiger partial charge < -0.3 is 15.4 Å². The number of amides is 1. The normalized spacial score (nSPS) is 12.6. The zero-order valence-electron chi connectivity index (χ0n) is 8.46. The highest BCUT2D eigenvalue weighted by atomic mass is 16.2. The van der Waals surface area contributed by atoms with Gasteiger partial charge in [0.15, 0.2) is 0 Å². The molecule has 0 saturated carbocycles. The summed E-state index contributed by atoms with van der Waals surface area (Å²) >= 11 is 0. The summed E-state index contributed by atoms with van der Waals surface area (Å²) in [6.45, 7) is 4.20. The van der Waals surface area contributed by atoms with E-state index in [9.17, 15) is 9.59 Å². The van der Waals surface area contributed by atoms with Gasteiger partial charge >= 0.3 is 0 Å². The molecule has 13 heavy (non-hydrogen) atoms. The van der Waals surface area contributed by atoms with E-state index in [4.69, 9.17) is 0 Å². The average molecular weight is 186 g/mol. The molecule has 76 valence electrons. The first kappa shape index (κ1) is 12.1. The van der Waals surface area contributed by atoms with Crippen LogP contribution in [-0.4, -0.2) is 31.8 Å². The molecule has 2 N–H and O–H groups in total. The number of nitrogens with one attached hydrogen (secondary N) is 2. The predicted molar refractivity (Wildman–Crippen MR) is 51.4 cm³/mol. The molecule has 0 unspecified atom stereocenters. The van der Waals surface area contributed by atoms with Crippen LogP contribution in [0, 0.1) is 5.92 Å². The summed E-state index contributed by atoms with van der Waals surface area (Å²) in [7, 11) is 1.74. The van der Waals surface area contributed by atoms with Gasteiger partial charge in [0.2, 0.25) is 5.91 Å². The van der Waals surface area contributed by atoms with Crippen molar-refractivity contribution in [3.63, 3.8) is 0 Å². The number of likely N-dealkylation sites (N-methyl/N-ethyl adjacent to an activating group) is 1. The Morgan fingerprint density at radius 1 is 1.46 bits per heavy atom. The van der Waals surface area contributed by atoms with E-state index in [2.05, 4.69) is 24.5 Å². The smallest absolute Gasteiger partial charge is 0.237 e. The van der Waals surface area contributed by atoms with Gasteiger partial charge in [0, 0.05) is 0 Å². The van der Waals surface area contributed by atoms with Crippen molar-refractivity contribution in [2.45, 2.75) is 26.3 Å². The SMILES string of the molecule is CN[C@@H](CC(C)C)C(=O)NCC=O. The summed E-state index contributed by atoms with van der Waals surface area (Å²) in [4.78, 5) is 21.3. The van der Waals surface area contributed by atoms with E-state index in [-0.39, 0.29) is 18.5 Å². The molecule has 4 nitrogen and oxygen atoms in total. The lowest BCUT2D eigenvalue weighted by molar-refractivity contribution is -0.124. The molecule has 0 aliphatic carbocycles. The van der Waals surface area contributed by atoms with Crippen LogP contribution >= 0.6 is 0 Å². The van der Waals surface area contributed by atoms with Crippen LogP contribution in [0.2, 0.25) is 0 Å². The summed E-state index contributed by atoms with van der Waals surface area (Å²) in [6, 6.07) is -0.194. The fourth-order valence-corrected chi connectivity index (χ4v) is 1.09. The zero-order valence-corrected chi connectivity index (χ0v) is 8.46. The third-order valence-corrected chi connectivity index (χ3v) is 1.73. The van der Waals surface area contributed by atoms with Gasteiger partial charge in [0.25, 0.3) is 0 Å². The second-order valence-electron chi connectivity index (χ2n) is 3.38. The minimum atomic E-state index is -0.194. The predicted octanol–water partition coefficient (Wildman–Crippen LogP) is -0.0644. The fraction of sp³-hybridized carbons (Fsp3) is 0.778. The van der Waals surface area contributed by atoms with Crippen molar-refractivity contribution in [3.05, 3.63) is 0 Å². The molecule has 1 atom stereocenters. The Hall–Kier alpha value is -0.900. The molecule has 0 radical (unpaired) electrons. The van der Waals surface area contributed by atoms with E-state index in [1.165, 1.54) is 0 Å². The van der Waals surface area contributed by atoms with E-state index in [1.54, 1.807) is 7.05 Å². The molecule has 0 bridgehead atoms. The molecule has 0 spiro atoms. The Kier molecular flexibility index (Phi) is 6.14. The Morgan fingerprint density at radius 2 is 2.08 bits per heavy atom. The van der Waals surface area contributed by atoms with Crippen LogP contribution in [0.3, 0.4) is 0 Å². The molecule has 4 heteroatoms. The molecule has 0 aliphatic rings. The Morgan fingerprint density at radius 3 is 2.46 bits per heavy atom. The lowest BCUT2D eigenvalue weighted by Gasteiger charge is -2.16. The second-order valence-corrected chi connectivity index (χ2v) is 3.38. The quantitative estimate of drug-likeness (QED) is 0.571. The highest BCUT2D eigenvalue weighted by molar-refractivity contribution is 5.83. The van der Waals surface area contributed by atoms with E-state index in [1.807, 2.05) is 0 Å². The van der Waals surface area contributed by atoms with Crippen LogP contribution < -0.4 is 10.6 Å². The second kappa shape index (κ2) is 6.60. The summed E-state index contributed by atoms with van der Waals surface area (Å²) < 4.78 is 0. The fourth-order valence-electron chi connectivity index (χ4n) is 1.09. The lowest BCUT2D eigenvalue weighted by Crippen LogP contribution is -2.43. The summed E-state index contributed by atoms with van der Waals surface area (Å²) in [6.07, 6.45) is 1.46. The lowest BCUT2D eigenvalue weighted by atomic mass is 10.0. The molecular formula is C9H18N2O2. The topological polar surface area (TPSA) is 58.2 Å². The van der Waals surface area contributed by atoms with Gasteiger partial charge in [-0.05, 0) is 19.4 Å². The van der Waals surface area contributed by atoms with E-state index in [0.717, 1.165) is 6.42 Å². The van der Waals surface area contributed by atoms with Crippen LogP contribution in [-0.2, 0) is 9.59 Å². The number of rotatable bonds is 6. The average Bonchev–Trinajstić information content (AvgIpc) is 2.09. The van der Waals surface area contributed by atoms with E-state index < -0.39 is 0 Å². The number of carbonyl (C=O) groups is 2. The molecule has 0 saturated heterocycles. The van der Waals surface area contributed by atoms with Crippen molar-refractivity contribution in [3.8, 4) is 0 Å². The molecule has 0 aromatic heterocycles. The van der Waals surface area contributed by atoms with Crippen LogP contribution in [0.1, 0.15) is 20.3 Å². The minimum absolute atomic E-state index is 0.0924. The molecule has 1 amide bonds. The van der Waals surface area contributed by atoms with Gasteiger partial charge in [-0.3, -0.25) is 4.79 Å².